The molecule has 2 saturated carbocycles. The first kappa shape index (κ1) is 19.9. The molecule has 7 heteroatoms. The minimum absolute atomic E-state index is 0.0415. The standard InChI is InChI=1S/C20H27NO5S/c22-16-9-11-17(12-10-16)27(25,26)21-20-15-8-7-14(13-15)18(20)5-3-1-2-4-6-19(23)24/h1,3,9-12,14-15,18,20-22H,2,4-8,13H2,(H,23,24)/b3-1-/t14-,15+,18+,20+/m0/s1. The second-order valence-electron chi connectivity index (χ2n) is 7.63. The zero-order valence-corrected chi connectivity index (χ0v) is 16.1. The number of nitrogens with one attached hydrogen (secondary N) is 1. The van der Waals surface area contributed by atoms with Gasteiger partial charge in [0.25, 0.3) is 0 Å². The van der Waals surface area contributed by atoms with Gasteiger partial charge in [-0.05, 0) is 80.5 Å². The lowest BCUT2D eigenvalue weighted by molar-refractivity contribution is -0.137. The maximum Gasteiger partial charge on any atom is 0.303 e. The SMILES string of the molecule is O=C(O)CCC/C=C\C[C@@H]1[C@H]2CC[C@H](C2)[C@H]1NS(=O)(=O)c1ccc(O)cc1. The molecule has 2 aliphatic carbocycles. The monoisotopic (exact) mass is 393 g/mol. The Morgan fingerprint density at radius 3 is 2.56 bits per heavy atom. The van der Waals surface area contributed by atoms with E-state index in [4.69, 9.17) is 5.11 Å². The van der Waals surface area contributed by atoms with Gasteiger partial charge in [0.15, 0.2) is 0 Å². The van der Waals surface area contributed by atoms with Crippen LogP contribution in [-0.4, -0.2) is 30.6 Å². The van der Waals surface area contributed by atoms with Crippen molar-refractivity contribution in [3.05, 3.63) is 36.4 Å². The number of hydrogen-bond donors (Lipinski definition) is 3. The number of aromatic hydroxyl groups is 1. The smallest absolute Gasteiger partial charge is 0.303 e. The third-order valence-corrected chi connectivity index (χ3v) is 7.34. The van der Waals surface area contributed by atoms with E-state index in [2.05, 4.69) is 10.8 Å². The number of rotatable bonds is 9. The van der Waals surface area contributed by atoms with E-state index in [1.54, 1.807) is 0 Å². The molecule has 0 spiro atoms. The molecule has 0 amide bonds. The number of hydrogen-bond acceptors (Lipinski definition) is 4. The van der Waals surface area contributed by atoms with Crippen LogP contribution in [0.3, 0.4) is 0 Å². The summed E-state index contributed by atoms with van der Waals surface area (Å²) in [6, 6.07) is 5.54. The van der Waals surface area contributed by atoms with Crippen molar-refractivity contribution in [2.24, 2.45) is 17.8 Å². The van der Waals surface area contributed by atoms with Gasteiger partial charge < -0.3 is 10.2 Å². The van der Waals surface area contributed by atoms with Crippen LogP contribution in [0.1, 0.15) is 44.9 Å². The molecule has 2 fully saturated rings. The van der Waals surface area contributed by atoms with Gasteiger partial charge in [0.05, 0.1) is 4.90 Å². The number of phenols is 1. The Bertz CT molecular complexity index is 787. The normalized spacial score (nSPS) is 27.4. The molecule has 4 atom stereocenters. The highest BCUT2D eigenvalue weighted by atomic mass is 32.2. The summed E-state index contributed by atoms with van der Waals surface area (Å²) in [5.74, 6) is 0.477. The molecule has 0 saturated heterocycles. The number of phenolic OH excluding ortho intramolecular Hbond substituents is 1. The molecule has 0 unspecified atom stereocenters. The number of carboxylic acids is 1. The summed E-state index contributed by atoms with van der Waals surface area (Å²) >= 11 is 0. The Kier molecular flexibility index (Phi) is 6.22. The Balaban J connectivity index is 1.62. The zero-order chi connectivity index (χ0) is 19.4. The van der Waals surface area contributed by atoms with Gasteiger partial charge in [-0.2, -0.15) is 0 Å². The topological polar surface area (TPSA) is 104 Å². The molecular formula is C20H27NO5S. The predicted molar refractivity (Wildman–Crippen MR) is 102 cm³/mol. The van der Waals surface area contributed by atoms with Gasteiger partial charge >= 0.3 is 5.97 Å². The number of unbranched alkanes of at least 4 members (excludes halogenated alkanes) is 1. The lowest BCUT2D eigenvalue weighted by atomic mass is 9.83. The van der Waals surface area contributed by atoms with E-state index in [1.807, 2.05) is 6.08 Å². The number of fused-ring (bicyclic) bond motifs is 2. The Hall–Kier alpha value is -1.86. The lowest BCUT2D eigenvalue weighted by Gasteiger charge is -2.31. The molecule has 3 rings (SSSR count). The Labute approximate surface area is 160 Å². The molecule has 0 aliphatic heterocycles. The number of benzene rings is 1. The fourth-order valence-corrected chi connectivity index (χ4v) is 5.90. The first-order valence-electron chi connectivity index (χ1n) is 9.55. The van der Waals surface area contributed by atoms with Crippen molar-refractivity contribution in [3.8, 4) is 5.75 Å². The number of carbonyl (C=O) groups is 1. The van der Waals surface area contributed by atoms with Crippen molar-refractivity contribution in [1.82, 2.24) is 4.72 Å². The van der Waals surface area contributed by atoms with Crippen LogP contribution >= 0.6 is 0 Å². The van der Waals surface area contributed by atoms with Crippen LogP contribution < -0.4 is 4.72 Å². The Morgan fingerprint density at radius 2 is 1.85 bits per heavy atom. The minimum Gasteiger partial charge on any atom is -0.508 e. The lowest BCUT2D eigenvalue weighted by Crippen LogP contribution is -2.43. The molecule has 27 heavy (non-hydrogen) atoms. The maximum absolute atomic E-state index is 12.7. The predicted octanol–water partition coefficient (Wildman–Crippen LogP) is 3.29. The van der Waals surface area contributed by atoms with Gasteiger partial charge in [0.2, 0.25) is 10.0 Å². The molecule has 1 aromatic carbocycles. The van der Waals surface area contributed by atoms with Crippen molar-refractivity contribution in [3.63, 3.8) is 0 Å². The summed E-state index contributed by atoms with van der Waals surface area (Å²) < 4.78 is 28.4. The summed E-state index contributed by atoms with van der Waals surface area (Å²) in [4.78, 5) is 10.7. The van der Waals surface area contributed by atoms with E-state index in [-0.39, 0.29) is 29.0 Å². The average molecular weight is 394 g/mol. The molecule has 3 N–H and O–H groups in total. The zero-order valence-electron chi connectivity index (χ0n) is 15.3. The van der Waals surface area contributed by atoms with Crippen LogP contribution in [0.5, 0.6) is 5.75 Å². The molecule has 2 bridgehead atoms. The van der Waals surface area contributed by atoms with Crippen LogP contribution in [0.2, 0.25) is 0 Å². The third kappa shape index (κ3) is 4.90. The largest absolute Gasteiger partial charge is 0.508 e. The molecule has 0 aromatic heterocycles. The van der Waals surface area contributed by atoms with Crippen LogP contribution in [-0.2, 0) is 14.8 Å². The molecule has 2 aliphatic rings. The van der Waals surface area contributed by atoms with Gasteiger partial charge in [-0.25, -0.2) is 13.1 Å². The van der Waals surface area contributed by atoms with Crippen LogP contribution in [0.15, 0.2) is 41.3 Å². The molecule has 0 heterocycles. The van der Waals surface area contributed by atoms with Crippen molar-refractivity contribution in [2.45, 2.75) is 55.9 Å². The quantitative estimate of drug-likeness (QED) is 0.441. The van der Waals surface area contributed by atoms with E-state index >= 15 is 0 Å². The van der Waals surface area contributed by atoms with E-state index in [0.29, 0.717) is 18.3 Å². The average Bonchev–Trinajstić information content (AvgIpc) is 3.20. The third-order valence-electron chi connectivity index (χ3n) is 5.86. The fraction of sp³-hybridized carbons (Fsp3) is 0.550. The highest BCUT2D eigenvalue weighted by Crippen LogP contribution is 2.50. The van der Waals surface area contributed by atoms with E-state index in [1.165, 1.54) is 24.3 Å². The first-order valence-corrected chi connectivity index (χ1v) is 11.0. The fourth-order valence-electron chi connectivity index (χ4n) is 4.55. The van der Waals surface area contributed by atoms with Gasteiger partial charge in [-0.1, -0.05) is 12.2 Å². The van der Waals surface area contributed by atoms with Crippen LogP contribution in [0, 0.1) is 17.8 Å². The van der Waals surface area contributed by atoms with Crippen LogP contribution in [0.25, 0.3) is 0 Å². The van der Waals surface area contributed by atoms with Gasteiger partial charge in [-0.15, -0.1) is 0 Å². The first-order chi connectivity index (χ1) is 12.9. The second kappa shape index (κ2) is 8.44. The maximum atomic E-state index is 12.7. The Morgan fingerprint density at radius 1 is 1.15 bits per heavy atom. The van der Waals surface area contributed by atoms with E-state index in [0.717, 1.165) is 32.1 Å². The summed E-state index contributed by atoms with van der Waals surface area (Å²) in [5.41, 5.74) is 0. The molecule has 0 radical (unpaired) electrons. The summed E-state index contributed by atoms with van der Waals surface area (Å²) in [7, 11) is -3.62. The van der Waals surface area contributed by atoms with E-state index < -0.39 is 16.0 Å². The molecule has 6 nitrogen and oxygen atoms in total. The highest BCUT2D eigenvalue weighted by Gasteiger charge is 2.48. The van der Waals surface area contributed by atoms with Crippen molar-refractivity contribution < 1.29 is 23.4 Å². The van der Waals surface area contributed by atoms with Crippen molar-refractivity contribution in [2.75, 3.05) is 0 Å². The molecule has 148 valence electrons. The van der Waals surface area contributed by atoms with Crippen molar-refractivity contribution in [1.29, 1.82) is 0 Å². The van der Waals surface area contributed by atoms with Crippen molar-refractivity contribution >= 4 is 16.0 Å². The molecule has 1 aromatic rings. The number of aliphatic carboxylic acids is 1. The summed E-state index contributed by atoms with van der Waals surface area (Å²) in [6.45, 7) is 0. The van der Waals surface area contributed by atoms with Gasteiger partial charge in [0, 0.05) is 12.5 Å². The summed E-state index contributed by atoms with van der Waals surface area (Å²) in [6.07, 6.45) is 9.72. The highest BCUT2D eigenvalue weighted by molar-refractivity contribution is 7.89. The number of allylic oxidation sites excluding steroid dienone is 2. The van der Waals surface area contributed by atoms with Crippen LogP contribution in [0.4, 0.5) is 0 Å². The summed E-state index contributed by atoms with van der Waals surface area (Å²) in [5, 5.41) is 18.0. The van der Waals surface area contributed by atoms with Gasteiger partial charge in [-0.3, -0.25) is 4.79 Å². The number of carboxylic acid groups (broad SMARTS) is 1. The van der Waals surface area contributed by atoms with E-state index in [9.17, 15) is 18.3 Å². The second-order valence-corrected chi connectivity index (χ2v) is 9.35. The molecular weight excluding hydrogens is 366 g/mol. The number of sulfonamides is 1. The minimum atomic E-state index is -3.62. The van der Waals surface area contributed by atoms with Gasteiger partial charge in [0.1, 0.15) is 5.75 Å².